The summed E-state index contributed by atoms with van der Waals surface area (Å²) in [5.41, 5.74) is 1.72. The van der Waals surface area contributed by atoms with E-state index in [1.54, 1.807) is 4.68 Å². The first-order chi connectivity index (χ1) is 8.11. The Balaban J connectivity index is 2.50. The number of aromatic nitrogens is 2. The molecule has 0 bridgehead atoms. The molecule has 0 aliphatic carbocycles. The van der Waals surface area contributed by atoms with E-state index in [0.29, 0.717) is 12.5 Å². The molecule has 2 aromatic rings. The molecule has 1 N–H and O–H groups in total. The van der Waals surface area contributed by atoms with E-state index in [-0.39, 0.29) is 5.91 Å². The quantitative estimate of drug-likeness (QED) is 0.881. The van der Waals surface area contributed by atoms with Gasteiger partial charge in [0.2, 0.25) is 11.8 Å². The van der Waals surface area contributed by atoms with Crippen molar-refractivity contribution in [1.82, 2.24) is 9.78 Å². The monoisotopic (exact) mass is 233 g/mol. The highest BCUT2D eigenvalue weighted by molar-refractivity contribution is 5.94. The second kappa shape index (κ2) is 4.45. The molecule has 90 valence electrons. The molecule has 0 saturated carbocycles. The normalized spacial score (nSPS) is 10.5. The molecular formula is C12H15N3O2. The predicted molar refractivity (Wildman–Crippen MR) is 66.2 cm³/mol. The van der Waals surface area contributed by atoms with E-state index in [4.69, 9.17) is 4.74 Å². The van der Waals surface area contributed by atoms with Gasteiger partial charge in [-0.05, 0) is 25.1 Å². The number of anilines is 1. The van der Waals surface area contributed by atoms with Crippen molar-refractivity contribution in [2.24, 2.45) is 7.05 Å². The standard InChI is InChI=1S/C12H15N3O2/c1-4-17-12-10-7-9(13-8(2)16)5-6-11(10)15(3)14-12/h5-7H,4H2,1-3H3,(H,13,16). The lowest BCUT2D eigenvalue weighted by Gasteiger charge is -2.02. The minimum Gasteiger partial charge on any atom is -0.476 e. The molecule has 2 rings (SSSR count). The molecule has 17 heavy (non-hydrogen) atoms. The highest BCUT2D eigenvalue weighted by atomic mass is 16.5. The lowest BCUT2D eigenvalue weighted by molar-refractivity contribution is -0.114. The van der Waals surface area contributed by atoms with Crippen LogP contribution in [0.25, 0.3) is 10.9 Å². The van der Waals surface area contributed by atoms with Crippen LogP contribution in [0, 0.1) is 0 Å². The number of amides is 1. The van der Waals surface area contributed by atoms with Crippen molar-refractivity contribution in [3.05, 3.63) is 18.2 Å². The van der Waals surface area contributed by atoms with Gasteiger partial charge in [-0.1, -0.05) is 0 Å². The van der Waals surface area contributed by atoms with Crippen molar-refractivity contribution in [2.45, 2.75) is 13.8 Å². The average Bonchev–Trinajstić information content (AvgIpc) is 2.55. The first kappa shape index (κ1) is 11.4. The van der Waals surface area contributed by atoms with Crippen LogP contribution in [0.3, 0.4) is 0 Å². The molecule has 5 nitrogen and oxygen atoms in total. The van der Waals surface area contributed by atoms with Crippen LogP contribution >= 0.6 is 0 Å². The first-order valence-corrected chi connectivity index (χ1v) is 5.49. The fraction of sp³-hybridized carbons (Fsp3) is 0.333. The lowest BCUT2D eigenvalue weighted by atomic mass is 10.2. The summed E-state index contributed by atoms with van der Waals surface area (Å²) < 4.78 is 7.22. The van der Waals surface area contributed by atoms with Crippen LogP contribution in [0.4, 0.5) is 5.69 Å². The maximum Gasteiger partial charge on any atom is 0.240 e. The number of fused-ring (bicyclic) bond motifs is 1. The molecule has 0 radical (unpaired) electrons. The summed E-state index contributed by atoms with van der Waals surface area (Å²) >= 11 is 0. The number of rotatable bonds is 3. The highest BCUT2D eigenvalue weighted by Crippen LogP contribution is 2.27. The van der Waals surface area contributed by atoms with Crippen LogP contribution < -0.4 is 10.1 Å². The molecule has 0 unspecified atom stereocenters. The van der Waals surface area contributed by atoms with Crippen LogP contribution in [0.15, 0.2) is 18.2 Å². The zero-order chi connectivity index (χ0) is 12.4. The van der Waals surface area contributed by atoms with E-state index in [9.17, 15) is 4.79 Å². The molecule has 0 atom stereocenters. The molecule has 0 aliphatic rings. The second-order valence-electron chi connectivity index (χ2n) is 3.77. The first-order valence-electron chi connectivity index (χ1n) is 5.49. The summed E-state index contributed by atoms with van der Waals surface area (Å²) in [6.45, 7) is 3.96. The molecule has 0 aliphatic heterocycles. The summed E-state index contributed by atoms with van der Waals surface area (Å²) in [6, 6.07) is 5.63. The number of carbonyl (C=O) groups is 1. The Bertz CT molecular complexity index is 560. The number of nitrogens with zero attached hydrogens (tertiary/aromatic N) is 2. The number of benzene rings is 1. The Kier molecular flexibility index (Phi) is 2.99. The minimum absolute atomic E-state index is 0.0915. The number of hydrogen-bond acceptors (Lipinski definition) is 3. The minimum atomic E-state index is -0.0915. The lowest BCUT2D eigenvalue weighted by Crippen LogP contribution is -2.05. The van der Waals surface area contributed by atoms with Crippen molar-refractivity contribution in [3.8, 4) is 5.88 Å². The smallest absolute Gasteiger partial charge is 0.240 e. The third kappa shape index (κ3) is 2.22. The van der Waals surface area contributed by atoms with E-state index in [1.165, 1.54) is 6.92 Å². The molecule has 0 fully saturated rings. The highest BCUT2D eigenvalue weighted by Gasteiger charge is 2.10. The number of ether oxygens (including phenoxy) is 1. The van der Waals surface area contributed by atoms with Gasteiger partial charge in [-0.3, -0.25) is 9.48 Å². The zero-order valence-corrected chi connectivity index (χ0v) is 10.2. The van der Waals surface area contributed by atoms with Crippen molar-refractivity contribution >= 4 is 22.5 Å². The van der Waals surface area contributed by atoms with E-state index < -0.39 is 0 Å². The van der Waals surface area contributed by atoms with Crippen molar-refractivity contribution in [2.75, 3.05) is 11.9 Å². The number of nitrogens with one attached hydrogen (secondary N) is 1. The van der Waals surface area contributed by atoms with Gasteiger partial charge in [0.15, 0.2) is 0 Å². The maximum atomic E-state index is 11.0. The van der Waals surface area contributed by atoms with E-state index in [2.05, 4.69) is 10.4 Å². The van der Waals surface area contributed by atoms with Gasteiger partial charge < -0.3 is 10.1 Å². The molecule has 1 aromatic heterocycles. The number of carbonyl (C=O) groups excluding carboxylic acids is 1. The van der Waals surface area contributed by atoms with Gasteiger partial charge in [-0.25, -0.2) is 0 Å². The Morgan fingerprint density at radius 2 is 2.29 bits per heavy atom. The van der Waals surface area contributed by atoms with Crippen LogP contribution in [-0.4, -0.2) is 22.3 Å². The third-order valence-corrected chi connectivity index (χ3v) is 2.42. The Morgan fingerprint density at radius 1 is 1.53 bits per heavy atom. The summed E-state index contributed by atoms with van der Waals surface area (Å²) in [4.78, 5) is 11.0. The summed E-state index contributed by atoms with van der Waals surface area (Å²) in [7, 11) is 1.86. The maximum absolute atomic E-state index is 11.0. The summed E-state index contributed by atoms with van der Waals surface area (Å²) in [5.74, 6) is 0.503. The van der Waals surface area contributed by atoms with Crippen LogP contribution in [0.5, 0.6) is 5.88 Å². The van der Waals surface area contributed by atoms with Crippen LogP contribution in [0.1, 0.15) is 13.8 Å². The number of hydrogen-bond donors (Lipinski definition) is 1. The van der Waals surface area contributed by atoms with Crippen molar-refractivity contribution in [3.63, 3.8) is 0 Å². The average molecular weight is 233 g/mol. The molecule has 1 amide bonds. The van der Waals surface area contributed by atoms with E-state index in [0.717, 1.165) is 16.6 Å². The Labute approximate surface area is 99.4 Å². The zero-order valence-electron chi connectivity index (χ0n) is 10.2. The van der Waals surface area contributed by atoms with E-state index >= 15 is 0 Å². The SMILES string of the molecule is CCOc1nn(C)c2ccc(NC(C)=O)cc12. The topological polar surface area (TPSA) is 56.1 Å². The fourth-order valence-electron chi connectivity index (χ4n) is 1.76. The van der Waals surface area contributed by atoms with Crippen LogP contribution in [-0.2, 0) is 11.8 Å². The summed E-state index contributed by atoms with van der Waals surface area (Å²) in [6.07, 6.45) is 0. The second-order valence-corrected chi connectivity index (χ2v) is 3.77. The molecule has 0 saturated heterocycles. The molecular weight excluding hydrogens is 218 g/mol. The van der Waals surface area contributed by atoms with Crippen LogP contribution in [0.2, 0.25) is 0 Å². The van der Waals surface area contributed by atoms with Gasteiger partial charge in [-0.2, -0.15) is 0 Å². The predicted octanol–water partition coefficient (Wildman–Crippen LogP) is 1.93. The molecule has 5 heteroatoms. The number of aryl methyl sites for hydroxylation is 1. The van der Waals surface area contributed by atoms with Gasteiger partial charge in [0.1, 0.15) is 0 Å². The largest absolute Gasteiger partial charge is 0.476 e. The summed E-state index contributed by atoms with van der Waals surface area (Å²) in [5, 5.41) is 7.93. The van der Waals surface area contributed by atoms with Gasteiger partial charge in [-0.15, -0.1) is 5.10 Å². The van der Waals surface area contributed by atoms with Gasteiger partial charge in [0.05, 0.1) is 17.5 Å². The third-order valence-electron chi connectivity index (χ3n) is 2.42. The fourth-order valence-corrected chi connectivity index (χ4v) is 1.76. The van der Waals surface area contributed by atoms with Gasteiger partial charge in [0.25, 0.3) is 0 Å². The molecule has 0 spiro atoms. The van der Waals surface area contributed by atoms with Crippen molar-refractivity contribution < 1.29 is 9.53 Å². The van der Waals surface area contributed by atoms with E-state index in [1.807, 2.05) is 32.2 Å². The Hall–Kier alpha value is -2.04. The Morgan fingerprint density at radius 3 is 2.94 bits per heavy atom. The molecule has 1 aromatic carbocycles. The molecule has 1 heterocycles. The van der Waals surface area contributed by atoms with Gasteiger partial charge in [0, 0.05) is 19.7 Å². The van der Waals surface area contributed by atoms with Gasteiger partial charge >= 0.3 is 0 Å². The van der Waals surface area contributed by atoms with Crippen molar-refractivity contribution in [1.29, 1.82) is 0 Å².